The van der Waals surface area contributed by atoms with E-state index in [-0.39, 0.29) is 17.7 Å². The minimum atomic E-state index is -0.0204. The molecule has 0 bridgehead atoms. The summed E-state index contributed by atoms with van der Waals surface area (Å²) in [6, 6.07) is 0. The van der Waals surface area contributed by atoms with Gasteiger partial charge < -0.3 is 14.7 Å². The normalized spacial score (nSPS) is 27.7. The Morgan fingerprint density at radius 1 is 0.724 bits per heavy atom. The van der Waals surface area contributed by atoms with E-state index < -0.39 is 0 Å². The van der Waals surface area contributed by atoms with Crippen molar-refractivity contribution in [2.75, 3.05) is 39.3 Å². The van der Waals surface area contributed by atoms with Crippen molar-refractivity contribution in [1.29, 1.82) is 0 Å². The van der Waals surface area contributed by atoms with Crippen LogP contribution >= 0.6 is 0 Å². The molecular weight excluding hydrogens is 366 g/mol. The van der Waals surface area contributed by atoms with E-state index in [0.29, 0.717) is 43.6 Å². The fraction of sp³-hybridized carbons (Fsp3) is 0.870. The third-order valence-electron chi connectivity index (χ3n) is 7.63. The molecule has 4 rings (SSSR count). The van der Waals surface area contributed by atoms with Crippen LogP contribution in [0.15, 0.2) is 0 Å². The average Bonchev–Trinajstić information content (AvgIpc) is 3.15. The van der Waals surface area contributed by atoms with Crippen molar-refractivity contribution in [2.45, 2.75) is 70.6 Å². The maximum absolute atomic E-state index is 13.1. The standard InChI is InChI=1S/C23H37N3O3/c27-21-7-4-12-25(21)15-19-10-13-24(14-11-19)23(29)20-8-9-22(28)26(17-20)16-18-5-2-1-3-6-18/h18-20H,1-17H2. The number of amides is 3. The minimum absolute atomic E-state index is 0.0204. The summed E-state index contributed by atoms with van der Waals surface area (Å²) < 4.78 is 0. The molecule has 1 saturated carbocycles. The first kappa shape index (κ1) is 20.7. The van der Waals surface area contributed by atoms with E-state index >= 15 is 0 Å². The number of nitrogens with zero attached hydrogens (tertiary/aromatic N) is 3. The van der Waals surface area contributed by atoms with Gasteiger partial charge in [-0.25, -0.2) is 0 Å². The number of piperidine rings is 2. The Hall–Kier alpha value is -1.59. The van der Waals surface area contributed by atoms with E-state index in [1.165, 1.54) is 32.1 Å². The van der Waals surface area contributed by atoms with Gasteiger partial charge in [0.1, 0.15) is 0 Å². The molecule has 0 radical (unpaired) electrons. The predicted molar refractivity (Wildman–Crippen MR) is 111 cm³/mol. The molecular formula is C23H37N3O3. The van der Waals surface area contributed by atoms with Gasteiger partial charge in [-0.1, -0.05) is 19.3 Å². The molecule has 3 heterocycles. The Balaban J connectivity index is 1.24. The van der Waals surface area contributed by atoms with Crippen molar-refractivity contribution >= 4 is 17.7 Å². The number of hydrogen-bond acceptors (Lipinski definition) is 3. The number of carbonyl (C=O) groups is 3. The molecule has 6 nitrogen and oxygen atoms in total. The van der Waals surface area contributed by atoms with Crippen LogP contribution in [-0.2, 0) is 14.4 Å². The molecule has 0 aromatic heterocycles. The van der Waals surface area contributed by atoms with Gasteiger partial charge >= 0.3 is 0 Å². The molecule has 3 saturated heterocycles. The molecule has 3 aliphatic heterocycles. The first-order valence-corrected chi connectivity index (χ1v) is 11.9. The summed E-state index contributed by atoms with van der Waals surface area (Å²) in [5, 5.41) is 0. The van der Waals surface area contributed by atoms with Crippen LogP contribution in [0, 0.1) is 17.8 Å². The quantitative estimate of drug-likeness (QED) is 0.709. The Labute approximate surface area is 175 Å². The van der Waals surface area contributed by atoms with E-state index in [1.54, 1.807) is 0 Å². The predicted octanol–water partition coefficient (Wildman–Crippen LogP) is 2.67. The topological polar surface area (TPSA) is 60.9 Å². The highest BCUT2D eigenvalue weighted by Gasteiger charge is 2.35. The number of rotatable bonds is 5. The Morgan fingerprint density at radius 3 is 2.07 bits per heavy atom. The van der Waals surface area contributed by atoms with Crippen LogP contribution in [0.1, 0.15) is 70.6 Å². The van der Waals surface area contributed by atoms with Crippen molar-refractivity contribution in [1.82, 2.24) is 14.7 Å². The van der Waals surface area contributed by atoms with Gasteiger partial charge in [0.15, 0.2) is 0 Å². The zero-order valence-electron chi connectivity index (χ0n) is 17.8. The summed E-state index contributed by atoms with van der Waals surface area (Å²) in [6.07, 6.45) is 11.3. The second-order valence-corrected chi connectivity index (χ2v) is 9.75. The number of likely N-dealkylation sites (tertiary alicyclic amines) is 3. The molecule has 0 aromatic carbocycles. The van der Waals surface area contributed by atoms with Gasteiger partial charge in [-0.05, 0) is 50.4 Å². The molecule has 3 amide bonds. The van der Waals surface area contributed by atoms with E-state index in [2.05, 4.69) is 0 Å². The minimum Gasteiger partial charge on any atom is -0.342 e. The lowest BCUT2D eigenvalue weighted by molar-refractivity contribution is -0.145. The van der Waals surface area contributed by atoms with Crippen molar-refractivity contribution in [2.24, 2.45) is 17.8 Å². The fourth-order valence-electron chi connectivity index (χ4n) is 5.78. The lowest BCUT2D eigenvalue weighted by Gasteiger charge is -2.39. The number of hydrogen-bond donors (Lipinski definition) is 0. The SMILES string of the molecule is O=C1CCCN1CC1CCN(C(=O)C2CCC(=O)N(CC3CCCCC3)C2)CC1. The van der Waals surface area contributed by atoms with Crippen LogP contribution in [0.4, 0.5) is 0 Å². The molecule has 4 aliphatic rings. The molecule has 1 unspecified atom stereocenters. The lowest BCUT2D eigenvalue weighted by Crippen LogP contribution is -2.50. The summed E-state index contributed by atoms with van der Waals surface area (Å²) in [5.41, 5.74) is 0. The van der Waals surface area contributed by atoms with Gasteiger partial charge in [-0.15, -0.1) is 0 Å². The van der Waals surface area contributed by atoms with E-state index in [0.717, 1.165) is 52.0 Å². The molecule has 6 heteroatoms. The summed E-state index contributed by atoms with van der Waals surface area (Å²) in [6.45, 7) is 4.86. The van der Waals surface area contributed by atoms with Crippen molar-refractivity contribution in [3.63, 3.8) is 0 Å². The van der Waals surface area contributed by atoms with Crippen LogP contribution in [0.25, 0.3) is 0 Å². The highest BCUT2D eigenvalue weighted by atomic mass is 16.2. The fourth-order valence-corrected chi connectivity index (χ4v) is 5.78. The van der Waals surface area contributed by atoms with E-state index in [9.17, 15) is 14.4 Å². The van der Waals surface area contributed by atoms with Gasteiger partial charge in [0.05, 0.1) is 5.92 Å². The second-order valence-electron chi connectivity index (χ2n) is 9.75. The molecule has 1 atom stereocenters. The highest BCUT2D eigenvalue weighted by Crippen LogP contribution is 2.29. The molecule has 4 fully saturated rings. The van der Waals surface area contributed by atoms with E-state index in [1.807, 2.05) is 14.7 Å². The zero-order valence-corrected chi connectivity index (χ0v) is 17.8. The van der Waals surface area contributed by atoms with Gasteiger partial charge in [0.2, 0.25) is 17.7 Å². The van der Waals surface area contributed by atoms with Crippen molar-refractivity contribution < 1.29 is 14.4 Å². The summed E-state index contributed by atoms with van der Waals surface area (Å²) in [7, 11) is 0. The Bertz CT molecular complexity index is 608. The van der Waals surface area contributed by atoms with Gasteiger partial charge in [0.25, 0.3) is 0 Å². The molecule has 0 aromatic rings. The van der Waals surface area contributed by atoms with Gasteiger partial charge in [-0.3, -0.25) is 14.4 Å². The second kappa shape index (κ2) is 9.48. The summed E-state index contributed by atoms with van der Waals surface area (Å²) >= 11 is 0. The van der Waals surface area contributed by atoms with Crippen molar-refractivity contribution in [3.05, 3.63) is 0 Å². The maximum Gasteiger partial charge on any atom is 0.227 e. The van der Waals surface area contributed by atoms with Crippen LogP contribution in [0.3, 0.4) is 0 Å². The smallest absolute Gasteiger partial charge is 0.227 e. The number of carbonyl (C=O) groups excluding carboxylic acids is 3. The first-order chi connectivity index (χ1) is 14.1. The molecule has 0 spiro atoms. The van der Waals surface area contributed by atoms with Crippen LogP contribution < -0.4 is 0 Å². The monoisotopic (exact) mass is 403 g/mol. The van der Waals surface area contributed by atoms with Crippen LogP contribution in [-0.4, -0.2) is 71.7 Å². The highest BCUT2D eigenvalue weighted by molar-refractivity contribution is 5.84. The molecule has 29 heavy (non-hydrogen) atoms. The zero-order chi connectivity index (χ0) is 20.2. The molecule has 0 N–H and O–H groups in total. The average molecular weight is 404 g/mol. The van der Waals surface area contributed by atoms with Crippen LogP contribution in [0.5, 0.6) is 0 Å². The summed E-state index contributed by atoms with van der Waals surface area (Å²) in [5.74, 6) is 1.93. The van der Waals surface area contributed by atoms with Gasteiger partial charge in [-0.2, -0.15) is 0 Å². The maximum atomic E-state index is 13.1. The third-order valence-corrected chi connectivity index (χ3v) is 7.63. The Kier molecular flexibility index (Phi) is 6.76. The third kappa shape index (κ3) is 5.13. The van der Waals surface area contributed by atoms with Crippen LogP contribution in [0.2, 0.25) is 0 Å². The van der Waals surface area contributed by atoms with Gasteiger partial charge in [0, 0.05) is 52.1 Å². The lowest BCUT2D eigenvalue weighted by atomic mass is 9.87. The molecule has 1 aliphatic carbocycles. The van der Waals surface area contributed by atoms with E-state index in [4.69, 9.17) is 0 Å². The molecule has 162 valence electrons. The first-order valence-electron chi connectivity index (χ1n) is 11.9. The Morgan fingerprint density at radius 2 is 1.38 bits per heavy atom. The summed E-state index contributed by atoms with van der Waals surface area (Å²) in [4.78, 5) is 43.4. The largest absolute Gasteiger partial charge is 0.342 e. The van der Waals surface area contributed by atoms with Crippen molar-refractivity contribution in [3.8, 4) is 0 Å².